The van der Waals surface area contributed by atoms with Crippen LogP contribution in [-0.2, 0) is 0 Å². The first kappa shape index (κ1) is 10.4. The van der Waals surface area contributed by atoms with Gasteiger partial charge in [-0.25, -0.2) is 5.43 Å². The first-order chi connectivity index (χ1) is 6.74. The van der Waals surface area contributed by atoms with Crippen LogP contribution in [0.5, 0.6) is 0 Å². The summed E-state index contributed by atoms with van der Waals surface area (Å²) in [4.78, 5) is 11.4. The molecule has 74 valence electrons. The van der Waals surface area contributed by atoms with Crippen LogP contribution in [0.25, 0.3) is 0 Å². The molecule has 1 aromatic carbocycles. The van der Waals surface area contributed by atoms with E-state index in [0.717, 1.165) is 12.0 Å². The van der Waals surface area contributed by atoms with Crippen molar-refractivity contribution < 1.29 is 4.79 Å². The molecule has 0 fully saturated rings. The number of hydrogen-bond acceptors (Lipinski definition) is 2. The van der Waals surface area contributed by atoms with Crippen LogP contribution in [0.2, 0.25) is 0 Å². The van der Waals surface area contributed by atoms with Crippen LogP contribution in [0.15, 0.2) is 29.4 Å². The first-order valence-electron chi connectivity index (χ1n) is 4.62. The van der Waals surface area contributed by atoms with Gasteiger partial charge < -0.3 is 0 Å². The summed E-state index contributed by atoms with van der Waals surface area (Å²) in [6, 6.07) is 7.37. The van der Waals surface area contributed by atoms with Crippen LogP contribution in [0.1, 0.15) is 29.3 Å². The average molecular weight is 190 g/mol. The first-order valence-corrected chi connectivity index (χ1v) is 4.62. The summed E-state index contributed by atoms with van der Waals surface area (Å²) < 4.78 is 0. The largest absolute Gasteiger partial charge is 0.271 e. The van der Waals surface area contributed by atoms with Gasteiger partial charge in [-0.05, 0) is 25.5 Å². The lowest BCUT2D eigenvalue weighted by Crippen LogP contribution is -2.17. The fourth-order valence-corrected chi connectivity index (χ4v) is 0.965. The molecule has 0 spiro atoms. The predicted molar refractivity (Wildman–Crippen MR) is 57.4 cm³/mol. The number of nitrogens with zero attached hydrogens (tertiary/aromatic N) is 1. The molecule has 0 aliphatic rings. The van der Waals surface area contributed by atoms with Gasteiger partial charge in [-0.15, -0.1) is 0 Å². The van der Waals surface area contributed by atoms with Gasteiger partial charge in [0.05, 0.1) is 0 Å². The van der Waals surface area contributed by atoms with E-state index in [0.29, 0.717) is 5.56 Å². The summed E-state index contributed by atoms with van der Waals surface area (Å²) in [5, 5.41) is 3.76. The minimum absolute atomic E-state index is 0.172. The Balaban J connectivity index is 2.61. The summed E-state index contributed by atoms with van der Waals surface area (Å²) in [7, 11) is 0. The van der Waals surface area contributed by atoms with Crippen LogP contribution in [0.4, 0.5) is 0 Å². The summed E-state index contributed by atoms with van der Waals surface area (Å²) in [5.74, 6) is -0.172. The number of hydrazone groups is 1. The van der Waals surface area contributed by atoms with Gasteiger partial charge in [0.2, 0.25) is 0 Å². The van der Waals surface area contributed by atoms with Crippen LogP contribution in [0, 0.1) is 6.92 Å². The molecule has 3 heteroatoms. The predicted octanol–water partition coefficient (Wildman–Crippen LogP) is 2.12. The lowest BCUT2D eigenvalue weighted by molar-refractivity contribution is 0.0955. The Bertz CT molecular complexity index is 328. The number of nitrogens with one attached hydrogen (secondary N) is 1. The zero-order valence-corrected chi connectivity index (χ0v) is 8.45. The maximum absolute atomic E-state index is 11.4. The molecule has 1 amide bonds. The van der Waals surface area contributed by atoms with Crippen LogP contribution in [0.3, 0.4) is 0 Å². The van der Waals surface area contributed by atoms with Crippen molar-refractivity contribution in [2.24, 2.45) is 5.10 Å². The fraction of sp³-hybridized carbons (Fsp3) is 0.273. The summed E-state index contributed by atoms with van der Waals surface area (Å²) in [6.07, 6.45) is 2.47. The van der Waals surface area contributed by atoms with Crippen molar-refractivity contribution in [3.63, 3.8) is 0 Å². The lowest BCUT2D eigenvalue weighted by Gasteiger charge is -1.99. The van der Waals surface area contributed by atoms with Gasteiger partial charge in [0.1, 0.15) is 0 Å². The van der Waals surface area contributed by atoms with Crippen LogP contribution >= 0.6 is 0 Å². The number of aryl methyl sites for hydroxylation is 1. The van der Waals surface area contributed by atoms with Crippen molar-refractivity contribution in [3.05, 3.63) is 35.4 Å². The second kappa shape index (κ2) is 5.17. The Kier molecular flexibility index (Phi) is 3.85. The number of benzene rings is 1. The van der Waals surface area contributed by atoms with E-state index in [2.05, 4.69) is 10.5 Å². The molecule has 0 aliphatic heterocycles. The molecule has 14 heavy (non-hydrogen) atoms. The van der Waals surface area contributed by atoms with Crippen molar-refractivity contribution in [3.8, 4) is 0 Å². The van der Waals surface area contributed by atoms with Gasteiger partial charge >= 0.3 is 0 Å². The number of amides is 1. The Labute approximate surface area is 83.8 Å². The lowest BCUT2D eigenvalue weighted by atomic mass is 10.1. The molecular weight excluding hydrogens is 176 g/mol. The molecule has 0 radical (unpaired) electrons. The zero-order chi connectivity index (χ0) is 10.4. The number of hydrogen-bond donors (Lipinski definition) is 1. The Hall–Kier alpha value is -1.64. The van der Waals surface area contributed by atoms with Crippen LogP contribution < -0.4 is 5.43 Å². The fourth-order valence-electron chi connectivity index (χ4n) is 0.965. The van der Waals surface area contributed by atoms with E-state index in [9.17, 15) is 4.79 Å². The molecule has 0 bridgehead atoms. The topological polar surface area (TPSA) is 41.5 Å². The third kappa shape index (κ3) is 3.01. The van der Waals surface area contributed by atoms with Crippen molar-refractivity contribution in [1.29, 1.82) is 0 Å². The zero-order valence-electron chi connectivity index (χ0n) is 8.45. The van der Waals surface area contributed by atoms with E-state index in [1.54, 1.807) is 18.3 Å². The van der Waals surface area contributed by atoms with Crippen molar-refractivity contribution in [1.82, 2.24) is 5.43 Å². The second-order valence-corrected chi connectivity index (χ2v) is 3.03. The Morgan fingerprint density at radius 1 is 1.43 bits per heavy atom. The Morgan fingerprint density at radius 3 is 2.64 bits per heavy atom. The normalized spacial score (nSPS) is 10.4. The monoisotopic (exact) mass is 190 g/mol. The highest BCUT2D eigenvalue weighted by Crippen LogP contribution is 2.02. The van der Waals surface area contributed by atoms with E-state index >= 15 is 0 Å². The molecule has 0 saturated carbocycles. The van der Waals surface area contributed by atoms with Gasteiger partial charge in [0.15, 0.2) is 0 Å². The quantitative estimate of drug-likeness (QED) is 0.575. The number of carbonyl (C=O) groups excluding carboxylic acids is 1. The van der Waals surface area contributed by atoms with Gasteiger partial charge in [-0.1, -0.05) is 24.6 Å². The van der Waals surface area contributed by atoms with Gasteiger partial charge in [0.25, 0.3) is 5.91 Å². The minimum atomic E-state index is -0.172. The highest BCUT2D eigenvalue weighted by Gasteiger charge is 2.01. The molecule has 0 aromatic heterocycles. The van der Waals surface area contributed by atoms with E-state index in [1.165, 1.54) is 0 Å². The molecule has 0 aliphatic carbocycles. The third-order valence-electron chi connectivity index (χ3n) is 1.75. The van der Waals surface area contributed by atoms with Crippen molar-refractivity contribution in [2.75, 3.05) is 0 Å². The van der Waals surface area contributed by atoms with E-state index in [1.807, 2.05) is 26.0 Å². The molecule has 0 heterocycles. The summed E-state index contributed by atoms with van der Waals surface area (Å²) in [5.41, 5.74) is 4.22. The maximum Gasteiger partial charge on any atom is 0.271 e. The molecule has 0 unspecified atom stereocenters. The summed E-state index contributed by atoms with van der Waals surface area (Å²) >= 11 is 0. The highest BCUT2D eigenvalue weighted by molar-refractivity contribution is 5.94. The SMILES string of the molecule is CC/C=N/NC(=O)c1ccc(C)cc1. The molecule has 3 nitrogen and oxygen atoms in total. The van der Waals surface area contributed by atoms with Crippen molar-refractivity contribution >= 4 is 12.1 Å². The van der Waals surface area contributed by atoms with E-state index < -0.39 is 0 Å². The van der Waals surface area contributed by atoms with Crippen molar-refractivity contribution in [2.45, 2.75) is 20.3 Å². The van der Waals surface area contributed by atoms with E-state index in [4.69, 9.17) is 0 Å². The third-order valence-corrected chi connectivity index (χ3v) is 1.75. The second-order valence-electron chi connectivity index (χ2n) is 3.03. The number of rotatable bonds is 3. The molecule has 0 saturated heterocycles. The minimum Gasteiger partial charge on any atom is -0.267 e. The maximum atomic E-state index is 11.4. The van der Waals surface area contributed by atoms with Gasteiger partial charge in [0, 0.05) is 11.8 Å². The standard InChI is InChI=1S/C11H14N2O/c1-3-8-12-13-11(14)10-6-4-9(2)5-7-10/h4-8H,3H2,1-2H3,(H,13,14)/b12-8+. The molecule has 1 rings (SSSR count). The van der Waals surface area contributed by atoms with Gasteiger partial charge in [-0.2, -0.15) is 5.10 Å². The highest BCUT2D eigenvalue weighted by atomic mass is 16.2. The van der Waals surface area contributed by atoms with Gasteiger partial charge in [-0.3, -0.25) is 4.79 Å². The average Bonchev–Trinajstić information content (AvgIpc) is 2.19. The molecular formula is C11H14N2O. The van der Waals surface area contributed by atoms with Crippen LogP contribution in [-0.4, -0.2) is 12.1 Å². The number of carbonyl (C=O) groups is 1. The summed E-state index contributed by atoms with van der Waals surface area (Å²) in [6.45, 7) is 3.94. The smallest absolute Gasteiger partial charge is 0.267 e. The Morgan fingerprint density at radius 2 is 2.07 bits per heavy atom. The van der Waals surface area contributed by atoms with E-state index in [-0.39, 0.29) is 5.91 Å². The molecule has 1 N–H and O–H groups in total. The molecule has 0 atom stereocenters. The molecule has 1 aromatic rings.